The molecule has 0 aliphatic carbocycles. The first-order valence-corrected chi connectivity index (χ1v) is 5.59. The summed E-state index contributed by atoms with van der Waals surface area (Å²) >= 11 is 0. The van der Waals surface area contributed by atoms with E-state index in [-0.39, 0.29) is 6.04 Å². The van der Waals surface area contributed by atoms with E-state index >= 15 is 0 Å². The molecule has 86 valence electrons. The lowest BCUT2D eigenvalue weighted by atomic mass is 9.98. The van der Waals surface area contributed by atoms with Gasteiger partial charge in [-0.15, -0.1) is 5.92 Å². The van der Waals surface area contributed by atoms with Crippen LogP contribution in [-0.2, 0) is 0 Å². The molecule has 1 aromatic carbocycles. The fraction of sp³-hybridized carbons (Fsp3) is 0.429. The van der Waals surface area contributed by atoms with Crippen LogP contribution in [0.3, 0.4) is 0 Å². The van der Waals surface area contributed by atoms with E-state index < -0.39 is 6.67 Å². The zero-order chi connectivity index (χ0) is 11.8. The summed E-state index contributed by atoms with van der Waals surface area (Å²) in [7, 11) is 0. The van der Waals surface area contributed by atoms with Gasteiger partial charge in [0.15, 0.2) is 0 Å². The highest BCUT2D eigenvalue weighted by atomic mass is 19.1. The maximum atomic E-state index is 11.9. The van der Waals surface area contributed by atoms with E-state index in [9.17, 15) is 4.39 Å². The minimum Gasteiger partial charge on any atom is -0.318 e. The number of hydrogen-bond acceptors (Lipinski definition) is 1. The van der Waals surface area contributed by atoms with E-state index in [1.165, 1.54) is 5.56 Å². The molecule has 2 heteroatoms. The van der Waals surface area contributed by atoms with Gasteiger partial charge in [0.05, 0.1) is 12.7 Å². The molecule has 0 heterocycles. The lowest BCUT2D eigenvalue weighted by Crippen LogP contribution is -2.17. The molecule has 1 unspecified atom stereocenters. The molecule has 0 saturated carbocycles. The Morgan fingerprint density at radius 2 is 2.00 bits per heavy atom. The standard InChI is InChI=1S/C14H18FN/c1-12(13-7-3-2-4-8-13)6-5-9-14(16)10-11-15/h2-4,7-8,12,14H,6,10-11,16H2,1H3/t12-,14?/m1/s1. The van der Waals surface area contributed by atoms with E-state index in [0.717, 1.165) is 6.42 Å². The lowest BCUT2D eigenvalue weighted by Gasteiger charge is -2.07. The average Bonchev–Trinajstić information content (AvgIpc) is 2.30. The van der Waals surface area contributed by atoms with Crippen LogP contribution < -0.4 is 5.73 Å². The Bertz CT molecular complexity index is 350. The van der Waals surface area contributed by atoms with Crippen molar-refractivity contribution in [2.24, 2.45) is 5.73 Å². The average molecular weight is 219 g/mol. The fourth-order valence-corrected chi connectivity index (χ4v) is 1.43. The van der Waals surface area contributed by atoms with Crippen LogP contribution in [0.4, 0.5) is 4.39 Å². The molecule has 0 amide bonds. The van der Waals surface area contributed by atoms with Gasteiger partial charge in [-0.05, 0) is 11.5 Å². The van der Waals surface area contributed by atoms with E-state index in [1.54, 1.807) is 0 Å². The SMILES string of the molecule is C[C@H](CC#CC(N)CCF)c1ccccc1. The van der Waals surface area contributed by atoms with Crippen LogP contribution in [0.1, 0.15) is 31.2 Å². The van der Waals surface area contributed by atoms with Crippen molar-refractivity contribution in [2.75, 3.05) is 6.67 Å². The summed E-state index contributed by atoms with van der Waals surface area (Å²) in [6.45, 7) is 1.73. The molecule has 0 aliphatic heterocycles. The summed E-state index contributed by atoms with van der Waals surface area (Å²) < 4.78 is 11.9. The number of benzene rings is 1. The summed E-state index contributed by atoms with van der Waals surface area (Å²) in [6, 6.07) is 9.90. The number of alkyl halides is 1. The second-order valence-electron chi connectivity index (χ2n) is 3.92. The van der Waals surface area contributed by atoms with Gasteiger partial charge in [-0.3, -0.25) is 4.39 Å². The molecular formula is C14H18FN. The maximum Gasteiger partial charge on any atom is 0.0918 e. The summed E-state index contributed by atoms with van der Waals surface area (Å²) in [4.78, 5) is 0. The lowest BCUT2D eigenvalue weighted by molar-refractivity contribution is 0.461. The van der Waals surface area contributed by atoms with Crippen LogP contribution in [-0.4, -0.2) is 12.7 Å². The zero-order valence-electron chi connectivity index (χ0n) is 9.62. The Hall–Kier alpha value is -1.33. The maximum absolute atomic E-state index is 11.9. The second kappa shape index (κ2) is 7.03. The summed E-state index contributed by atoms with van der Waals surface area (Å²) in [5.41, 5.74) is 6.87. The minimum absolute atomic E-state index is 0.326. The van der Waals surface area contributed by atoms with E-state index in [4.69, 9.17) is 5.73 Å². The first-order chi connectivity index (χ1) is 7.74. The molecule has 0 spiro atoms. The summed E-state index contributed by atoms with van der Waals surface area (Å²) in [5, 5.41) is 0. The number of rotatable bonds is 4. The van der Waals surface area contributed by atoms with Crippen LogP contribution in [0.5, 0.6) is 0 Å². The highest BCUT2D eigenvalue weighted by Gasteiger charge is 2.02. The molecule has 1 nitrogen and oxygen atoms in total. The van der Waals surface area contributed by atoms with Crippen LogP contribution in [0.25, 0.3) is 0 Å². The van der Waals surface area contributed by atoms with E-state index in [0.29, 0.717) is 12.3 Å². The van der Waals surface area contributed by atoms with Gasteiger partial charge >= 0.3 is 0 Å². The summed E-state index contributed by atoms with van der Waals surface area (Å²) in [5.74, 6) is 6.29. The number of halogens is 1. The van der Waals surface area contributed by atoms with Crippen molar-refractivity contribution in [2.45, 2.75) is 31.7 Å². The number of hydrogen-bond donors (Lipinski definition) is 1. The smallest absolute Gasteiger partial charge is 0.0918 e. The Morgan fingerprint density at radius 3 is 2.62 bits per heavy atom. The first-order valence-electron chi connectivity index (χ1n) is 5.59. The quantitative estimate of drug-likeness (QED) is 0.774. The Labute approximate surface area is 96.9 Å². The van der Waals surface area contributed by atoms with Crippen LogP contribution >= 0.6 is 0 Å². The Kier molecular flexibility index (Phi) is 5.60. The Balaban J connectivity index is 2.44. The number of nitrogens with two attached hydrogens (primary N) is 1. The molecular weight excluding hydrogens is 201 g/mol. The Morgan fingerprint density at radius 1 is 1.31 bits per heavy atom. The van der Waals surface area contributed by atoms with Crippen molar-refractivity contribution >= 4 is 0 Å². The van der Waals surface area contributed by atoms with Gasteiger partial charge in [-0.1, -0.05) is 43.2 Å². The molecule has 0 aliphatic rings. The monoisotopic (exact) mass is 219 g/mol. The van der Waals surface area contributed by atoms with Crippen molar-refractivity contribution in [3.8, 4) is 11.8 Å². The molecule has 0 fully saturated rings. The van der Waals surface area contributed by atoms with Crippen LogP contribution in [0.15, 0.2) is 30.3 Å². The van der Waals surface area contributed by atoms with Gasteiger partial charge in [-0.25, -0.2) is 0 Å². The largest absolute Gasteiger partial charge is 0.318 e. The molecule has 0 saturated heterocycles. The molecule has 2 N–H and O–H groups in total. The van der Waals surface area contributed by atoms with Gasteiger partial charge in [0, 0.05) is 12.8 Å². The van der Waals surface area contributed by atoms with Crippen molar-refractivity contribution in [1.82, 2.24) is 0 Å². The van der Waals surface area contributed by atoms with Crippen molar-refractivity contribution in [3.05, 3.63) is 35.9 Å². The van der Waals surface area contributed by atoms with Gasteiger partial charge in [-0.2, -0.15) is 0 Å². The summed E-state index contributed by atoms with van der Waals surface area (Å²) in [6.07, 6.45) is 1.09. The molecule has 1 rings (SSSR count). The minimum atomic E-state index is -0.399. The highest BCUT2D eigenvalue weighted by Crippen LogP contribution is 2.17. The highest BCUT2D eigenvalue weighted by molar-refractivity contribution is 5.21. The molecule has 1 aromatic rings. The predicted octanol–water partition coefficient (Wildman–Crippen LogP) is 2.87. The third-order valence-corrected chi connectivity index (χ3v) is 2.48. The molecule has 16 heavy (non-hydrogen) atoms. The van der Waals surface area contributed by atoms with E-state index in [1.807, 2.05) is 18.2 Å². The normalized spacial score (nSPS) is 13.7. The third-order valence-electron chi connectivity index (χ3n) is 2.48. The molecule has 0 aromatic heterocycles. The van der Waals surface area contributed by atoms with Gasteiger partial charge in [0.1, 0.15) is 0 Å². The van der Waals surface area contributed by atoms with Gasteiger partial charge in [0.25, 0.3) is 0 Å². The van der Waals surface area contributed by atoms with Crippen LogP contribution in [0.2, 0.25) is 0 Å². The molecule has 0 radical (unpaired) electrons. The van der Waals surface area contributed by atoms with Crippen LogP contribution in [0, 0.1) is 11.8 Å². The van der Waals surface area contributed by atoms with Crippen molar-refractivity contribution in [1.29, 1.82) is 0 Å². The molecule has 0 bridgehead atoms. The van der Waals surface area contributed by atoms with Crippen molar-refractivity contribution < 1.29 is 4.39 Å². The predicted molar refractivity (Wildman–Crippen MR) is 65.8 cm³/mol. The second-order valence-corrected chi connectivity index (χ2v) is 3.92. The molecule has 2 atom stereocenters. The van der Waals surface area contributed by atoms with Crippen molar-refractivity contribution in [3.63, 3.8) is 0 Å². The van der Waals surface area contributed by atoms with Gasteiger partial charge in [0.2, 0.25) is 0 Å². The fourth-order valence-electron chi connectivity index (χ4n) is 1.43. The van der Waals surface area contributed by atoms with E-state index in [2.05, 4.69) is 30.9 Å². The topological polar surface area (TPSA) is 26.0 Å². The zero-order valence-corrected chi connectivity index (χ0v) is 9.62. The van der Waals surface area contributed by atoms with Gasteiger partial charge < -0.3 is 5.73 Å². The first kappa shape index (κ1) is 12.7. The third kappa shape index (κ3) is 4.46.